The van der Waals surface area contributed by atoms with E-state index in [4.69, 9.17) is 32.7 Å². The van der Waals surface area contributed by atoms with Crippen LogP contribution < -0.4 is 0 Å². The predicted molar refractivity (Wildman–Crippen MR) is 92.3 cm³/mol. The van der Waals surface area contributed by atoms with Gasteiger partial charge in [-0.25, -0.2) is 0 Å². The highest BCUT2D eigenvalue weighted by Gasteiger charge is 2.47. The van der Waals surface area contributed by atoms with Gasteiger partial charge < -0.3 is 14.6 Å². The van der Waals surface area contributed by atoms with Crippen LogP contribution in [0.4, 0.5) is 0 Å². The van der Waals surface area contributed by atoms with Crippen molar-refractivity contribution in [2.75, 3.05) is 13.2 Å². The van der Waals surface area contributed by atoms with Crippen LogP contribution in [0.15, 0.2) is 51.9 Å². The van der Waals surface area contributed by atoms with E-state index >= 15 is 0 Å². The number of rotatable bonds is 4. The van der Waals surface area contributed by atoms with Gasteiger partial charge in [0.05, 0.1) is 13.2 Å². The highest BCUT2D eigenvalue weighted by atomic mass is 35.5. The maximum Gasteiger partial charge on any atom is 0.243 e. The molecule has 6 heteroatoms. The van der Waals surface area contributed by atoms with Gasteiger partial charge in [0, 0.05) is 5.56 Å². The van der Waals surface area contributed by atoms with E-state index in [0.717, 1.165) is 0 Å². The van der Waals surface area contributed by atoms with Gasteiger partial charge in [0.1, 0.15) is 10.1 Å². The molecular weight excluding hydrogens is 351 g/mol. The van der Waals surface area contributed by atoms with Gasteiger partial charge in [-0.2, -0.15) is 0 Å². The first-order valence-corrected chi connectivity index (χ1v) is 8.12. The molecule has 1 N–H and O–H groups in total. The number of aliphatic hydroxyl groups is 1. The molecule has 4 nitrogen and oxygen atoms in total. The summed E-state index contributed by atoms with van der Waals surface area (Å²) in [5, 5.41) is 10.5. The van der Waals surface area contributed by atoms with Gasteiger partial charge in [0.15, 0.2) is 11.5 Å². The smallest absolute Gasteiger partial charge is 0.243 e. The molecule has 0 amide bonds. The lowest BCUT2D eigenvalue weighted by molar-refractivity contribution is -0.116. The van der Waals surface area contributed by atoms with E-state index in [9.17, 15) is 9.90 Å². The number of halogens is 2. The summed E-state index contributed by atoms with van der Waals surface area (Å²) in [5.41, 5.74) is -1.39. The lowest BCUT2D eigenvalue weighted by atomic mass is 9.93. The molecule has 0 spiro atoms. The van der Waals surface area contributed by atoms with E-state index in [-0.39, 0.29) is 34.8 Å². The zero-order valence-corrected chi connectivity index (χ0v) is 14.7. The highest BCUT2D eigenvalue weighted by molar-refractivity contribution is 6.48. The lowest BCUT2D eigenvalue weighted by Crippen LogP contribution is -2.38. The standard InChI is InChI=1S/C18H16Cl2O4/c1-3-23-15-14(21)13(19)17(24-4-2)18(22,16(15)20)11-10-12-8-6-5-7-9-12/h5-9,22H,3-4H2,1-2H3. The molecule has 24 heavy (non-hydrogen) atoms. The van der Waals surface area contributed by atoms with E-state index in [1.807, 2.05) is 18.2 Å². The minimum atomic E-state index is -2.05. The molecule has 0 aromatic heterocycles. The van der Waals surface area contributed by atoms with E-state index in [1.165, 1.54) is 0 Å². The van der Waals surface area contributed by atoms with Crippen LogP contribution in [0.5, 0.6) is 0 Å². The number of carbonyl (C=O) groups excluding carboxylic acids is 1. The first-order valence-electron chi connectivity index (χ1n) is 7.37. The van der Waals surface area contributed by atoms with Gasteiger partial charge in [-0.1, -0.05) is 47.3 Å². The molecular formula is C18H16Cl2O4. The second-order valence-electron chi connectivity index (χ2n) is 4.81. The third kappa shape index (κ3) is 3.44. The molecule has 0 bridgehead atoms. The third-order valence-corrected chi connectivity index (χ3v) is 3.98. The maximum absolute atomic E-state index is 12.3. The van der Waals surface area contributed by atoms with Crippen molar-refractivity contribution in [3.63, 3.8) is 0 Å². The SMILES string of the molecule is CCOC1=C(Cl)C(O)(C#Cc2ccccc2)C(OCC)=C(Cl)C1=O. The van der Waals surface area contributed by atoms with E-state index in [1.54, 1.807) is 26.0 Å². The van der Waals surface area contributed by atoms with Crippen LogP contribution in [0.1, 0.15) is 19.4 Å². The van der Waals surface area contributed by atoms with Crippen LogP contribution in [0, 0.1) is 11.8 Å². The Morgan fingerprint density at radius 1 is 1.12 bits per heavy atom. The Morgan fingerprint density at radius 3 is 2.33 bits per heavy atom. The maximum atomic E-state index is 12.3. The van der Waals surface area contributed by atoms with Crippen LogP contribution in [0.3, 0.4) is 0 Å². The number of hydrogen-bond acceptors (Lipinski definition) is 4. The van der Waals surface area contributed by atoms with Crippen molar-refractivity contribution >= 4 is 29.0 Å². The molecule has 0 aliphatic heterocycles. The Balaban J connectivity index is 2.60. The normalized spacial score (nSPS) is 20.6. The van der Waals surface area contributed by atoms with Crippen molar-refractivity contribution in [1.29, 1.82) is 0 Å². The van der Waals surface area contributed by atoms with Gasteiger partial charge >= 0.3 is 0 Å². The van der Waals surface area contributed by atoms with Crippen molar-refractivity contribution in [1.82, 2.24) is 0 Å². The third-order valence-electron chi connectivity index (χ3n) is 3.19. The largest absolute Gasteiger partial charge is 0.492 e. The van der Waals surface area contributed by atoms with Crippen LogP contribution in [-0.4, -0.2) is 29.7 Å². The fraction of sp³-hybridized carbons (Fsp3) is 0.278. The molecule has 1 aromatic carbocycles. The average molecular weight is 367 g/mol. The van der Waals surface area contributed by atoms with Gasteiger partial charge in [-0.3, -0.25) is 4.79 Å². The van der Waals surface area contributed by atoms with E-state index in [2.05, 4.69) is 11.8 Å². The zero-order chi connectivity index (χ0) is 17.7. The number of Topliss-reactive ketones (excluding diaryl/α,β-unsaturated/α-hetero) is 1. The van der Waals surface area contributed by atoms with Crippen LogP contribution >= 0.6 is 23.2 Å². The van der Waals surface area contributed by atoms with Crippen LogP contribution in [-0.2, 0) is 14.3 Å². The molecule has 0 saturated heterocycles. The summed E-state index contributed by atoms with van der Waals surface area (Å²) in [6, 6.07) is 9.03. The van der Waals surface area contributed by atoms with Crippen molar-refractivity contribution in [2.45, 2.75) is 19.4 Å². The quantitative estimate of drug-likeness (QED) is 0.830. The Morgan fingerprint density at radius 2 is 1.75 bits per heavy atom. The fourth-order valence-corrected chi connectivity index (χ4v) is 2.66. The number of carbonyl (C=O) groups is 1. The number of allylic oxidation sites excluding steroid dienone is 1. The number of hydrogen-bond donors (Lipinski definition) is 1. The number of benzene rings is 1. The van der Waals surface area contributed by atoms with Gasteiger partial charge in [0.2, 0.25) is 11.4 Å². The van der Waals surface area contributed by atoms with Crippen molar-refractivity contribution in [2.24, 2.45) is 0 Å². The Hall–Kier alpha value is -1.93. The molecule has 0 radical (unpaired) electrons. The molecule has 1 aliphatic carbocycles. The summed E-state index contributed by atoms with van der Waals surface area (Å²) in [6.07, 6.45) is 0. The molecule has 1 atom stereocenters. The highest BCUT2D eigenvalue weighted by Crippen LogP contribution is 2.40. The fourth-order valence-electron chi connectivity index (χ4n) is 2.11. The minimum absolute atomic E-state index is 0.183. The number of ketones is 1. The minimum Gasteiger partial charge on any atom is -0.492 e. The molecule has 0 saturated carbocycles. The summed E-state index contributed by atoms with van der Waals surface area (Å²) in [5.74, 6) is 4.42. The molecule has 2 rings (SSSR count). The van der Waals surface area contributed by atoms with Gasteiger partial charge in [-0.15, -0.1) is 0 Å². The molecule has 1 unspecified atom stereocenters. The first kappa shape index (κ1) is 18.4. The second-order valence-corrected chi connectivity index (χ2v) is 5.56. The van der Waals surface area contributed by atoms with Crippen LogP contribution in [0.25, 0.3) is 0 Å². The van der Waals surface area contributed by atoms with Crippen LogP contribution in [0.2, 0.25) is 0 Å². The Labute approximate surface area is 150 Å². The van der Waals surface area contributed by atoms with Crippen molar-refractivity contribution < 1.29 is 19.4 Å². The molecule has 0 heterocycles. The van der Waals surface area contributed by atoms with E-state index < -0.39 is 11.4 Å². The summed E-state index contributed by atoms with van der Waals surface area (Å²) in [7, 11) is 0. The first-order chi connectivity index (χ1) is 11.5. The zero-order valence-electron chi connectivity index (χ0n) is 13.2. The van der Waals surface area contributed by atoms with E-state index in [0.29, 0.717) is 5.56 Å². The topological polar surface area (TPSA) is 55.8 Å². The summed E-state index contributed by atoms with van der Waals surface area (Å²) in [6.45, 7) is 3.76. The summed E-state index contributed by atoms with van der Waals surface area (Å²) in [4.78, 5) is 12.3. The molecule has 0 fully saturated rings. The Bertz CT molecular complexity index is 756. The summed E-state index contributed by atoms with van der Waals surface area (Å²) >= 11 is 12.3. The van der Waals surface area contributed by atoms with Gasteiger partial charge in [-0.05, 0) is 31.9 Å². The van der Waals surface area contributed by atoms with Crippen molar-refractivity contribution in [3.05, 3.63) is 57.5 Å². The predicted octanol–water partition coefficient (Wildman–Crippen LogP) is 3.33. The molecule has 126 valence electrons. The Kier molecular flexibility index (Phi) is 5.95. The van der Waals surface area contributed by atoms with Crippen molar-refractivity contribution in [3.8, 4) is 11.8 Å². The van der Waals surface area contributed by atoms with Gasteiger partial charge in [0.25, 0.3) is 0 Å². The molecule has 1 aliphatic rings. The second kappa shape index (κ2) is 7.76. The summed E-state index contributed by atoms with van der Waals surface area (Å²) < 4.78 is 10.6. The average Bonchev–Trinajstić information content (AvgIpc) is 2.60. The number of ether oxygens (including phenoxy) is 2. The molecule has 1 aromatic rings. The lowest BCUT2D eigenvalue weighted by Gasteiger charge is -2.30. The monoisotopic (exact) mass is 366 g/mol.